The van der Waals surface area contributed by atoms with Crippen molar-refractivity contribution in [3.63, 3.8) is 0 Å². The number of aliphatic hydroxyl groups is 1. The van der Waals surface area contributed by atoms with Crippen LogP contribution in [0.1, 0.15) is 26.7 Å². The van der Waals surface area contributed by atoms with Crippen molar-refractivity contribution in [1.82, 2.24) is 10.2 Å². The predicted octanol–water partition coefficient (Wildman–Crippen LogP) is -0.0898. The number of amides is 3. The minimum absolute atomic E-state index is 0.0737. The summed E-state index contributed by atoms with van der Waals surface area (Å²) in [5.74, 6) is -0.150. The van der Waals surface area contributed by atoms with Crippen LogP contribution in [0.3, 0.4) is 0 Å². The molecule has 0 bridgehead atoms. The van der Waals surface area contributed by atoms with Crippen LogP contribution < -0.4 is 11.1 Å². The molecule has 1 aliphatic rings. The van der Waals surface area contributed by atoms with Crippen molar-refractivity contribution < 1.29 is 14.7 Å². The second kappa shape index (κ2) is 6.58. The first kappa shape index (κ1) is 14.8. The quantitative estimate of drug-likeness (QED) is 0.656. The number of carbonyl (C=O) groups is 2. The monoisotopic (exact) mass is 257 g/mol. The Morgan fingerprint density at radius 3 is 2.67 bits per heavy atom. The standard InChI is InChI=1S/C12H23N3O3/c1-8(2)10(7-16)14-11(17)9-4-3-5-15(6-9)12(13)18/h8-10,16H,3-7H2,1-2H3,(H2,13,18)(H,14,17)/t9?,10-/m1/s1. The van der Waals surface area contributed by atoms with E-state index in [1.807, 2.05) is 13.8 Å². The van der Waals surface area contributed by atoms with Gasteiger partial charge in [0.25, 0.3) is 0 Å². The van der Waals surface area contributed by atoms with Gasteiger partial charge in [-0.1, -0.05) is 13.8 Å². The lowest BCUT2D eigenvalue weighted by atomic mass is 9.96. The van der Waals surface area contributed by atoms with Crippen LogP contribution in [-0.2, 0) is 4.79 Å². The van der Waals surface area contributed by atoms with Crippen molar-refractivity contribution in [3.8, 4) is 0 Å². The third-order valence-electron chi connectivity index (χ3n) is 3.43. The van der Waals surface area contributed by atoms with Gasteiger partial charge < -0.3 is 21.1 Å². The van der Waals surface area contributed by atoms with Crippen LogP contribution in [0.15, 0.2) is 0 Å². The number of likely N-dealkylation sites (tertiary alicyclic amines) is 1. The van der Waals surface area contributed by atoms with Gasteiger partial charge in [0.15, 0.2) is 0 Å². The van der Waals surface area contributed by atoms with Crippen molar-refractivity contribution in [1.29, 1.82) is 0 Å². The average Bonchev–Trinajstić information content (AvgIpc) is 2.35. The minimum Gasteiger partial charge on any atom is -0.394 e. The van der Waals surface area contributed by atoms with E-state index < -0.39 is 6.03 Å². The van der Waals surface area contributed by atoms with Crippen LogP contribution in [-0.4, -0.2) is 47.7 Å². The summed E-state index contributed by atoms with van der Waals surface area (Å²) in [6, 6.07) is -0.712. The lowest BCUT2D eigenvalue weighted by Crippen LogP contribution is -2.50. The van der Waals surface area contributed by atoms with Gasteiger partial charge >= 0.3 is 6.03 Å². The maximum Gasteiger partial charge on any atom is 0.314 e. The molecule has 18 heavy (non-hydrogen) atoms. The Bertz CT molecular complexity index is 307. The highest BCUT2D eigenvalue weighted by molar-refractivity contribution is 5.80. The van der Waals surface area contributed by atoms with E-state index in [1.54, 1.807) is 0 Å². The fraction of sp³-hybridized carbons (Fsp3) is 0.833. The molecule has 1 fully saturated rings. The Morgan fingerprint density at radius 2 is 2.17 bits per heavy atom. The second-order valence-corrected chi connectivity index (χ2v) is 5.17. The number of primary amides is 1. The van der Waals surface area contributed by atoms with Gasteiger partial charge in [0.2, 0.25) is 5.91 Å². The molecule has 0 aromatic heterocycles. The molecule has 0 aliphatic carbocycles. The lowest BCUT2D eigenvalue weighted by molar-refractivity contribution is -0.127. The normalized spacial score (nSPS) is 21.8. The molecule has 0 radical (unpaired) electrons. The summed E-state index contributed by atoms with van der Waals surface area (Å²) >= 11 is 0. The number of nitrogens with zero attached hydrogens (tertiary/aromatic N) is 1. The molecule has 1 unspecified atom stereocenters. The molecule has 6 nitrogen and oxygen atoms in total. The molecule has 1 rings (SSSR count). The number of carbonyl (C=O) groups excluding carboxylic acids is 2. The third kappa shape index (κ3) is 3.87. The highest BCUT2D eigenvalue weighted by Crippen LogP contribution is 2.17. The maximum atomic E-state index is 12.0. The zero-order chi connectivity index (χ0) is 13.7. The largest absolute Gasteiger partial charge is 0.394 e. The average molecular weight is 257 g/mol. The van der Waals surface area contributed by atoms with Crippen LogP contribution in [0.25, 0.3) is 0 Å². The van der Waals surface area contributed by atoms with Crippen molar-refractivity contribution in [2.24, 2.45) is 17.6 Å². The number of nitrogens with one attached hydrogen (secondary N) is 1. The topological polar surface area (TPSA) is 95.7 Å². The van der Waals surface area contributed by atoms with Crippen LogP contribution in [0.4, 0.5) is 4.79 Å². The molecule has 0 spiro atoms. The number of hydrogen-bond donors (Lipinski definition) is 3. The highest BCUT2D eigenvalue weighted by Gasteiger charge is 2.28. The van der Waals surface area contributed by atoms with E-state index in [4.69, 9.17) is 5.73 Å². The van der Waals surface area contributed by atoms with Gasteiger partial charge in [0.05, 0.1) is 18.6 Å². The van der Waals surface area contributed by atoms with Crippen LogP contribution in [0.5, 0.6) is 0 Å². The zero-order valence-electron chi connectivity index (χ0n) is 11.1. The summed E-state index contributed by atoms with van der Waals surface area (Å²) in [5, 5.41) is 12.0. The van der Waals surface area contributed by atoms with Gasteiger partial charge in [-0.05, 0) is 18.8 Å². The van der Waals surface area contributed by atoms with E-state index in [-0.39, 0.29) is 30.4 Å². The van der Waals surface area contributed by atoms with Gasteiger partial charge in [-0.3, -0.25) is 4.79 Å². The molecular formula is C12H23N3O3. The number of piperidine rings is 1. The van der Waals surface area contributed by atoms with Crippen molar-refractivity contribution >= 4 is 11.9 Å². The van der Waals surface area contributed by atoms with E-state index in [2.05, 4.69) is 5.32 Å². The fourth-order valence-corrected chi connectivity index (χ4v) is 2.12. The first-order valence-electron chi connectivity index (χ1n) is 6.41. The lowest BCUT2D eigenvalue weighted by Gasteiger charge is -2.32. The predicted molar refractivity (Wildman–Crippen MR) is 67.7 cm³/mol. The van der Waals surface area contributed by atoms with Crippen molar-refractivity contribution in [2.75, 3.05) is 19.7 Å². The van der Waals surface area contributed by atoms with E-state index >= 15 is 0 Å². The van der Waals surface area contributed by atoms with Crippen LogP contribution in [0.2, 0.25) is 0 Å². The first-order valence-corrected chi connectivity index (χ1v) is 6.41. The van der Waals surface area contributed by atoms with Gasteiger partial charge in [0, 0.05) is 13.1 Å². The number of hydrogen-bond acceptors (Lipinski definition) is 3. The smallest absolute Gasteiger partial charge is 0.314 e. The Labute approximate surface area is 108 Å². The Hall–Kier alpha value is -1.30. The summed E-state index contributed by atoms with van der Waals surface area (Å²) in [6.45, 7) is 4.80. The van der Waals surface area contributed by atoms with Crippen molar-refractivity contribution in [3.05, 3.63) is 0 Å². The number of rotatable bonds is 4. The summed E-state index contributed by atoms with van der Waals surface area (Å²) in [7, 11) is 0. The third-order valence-corrected chi connectivity index (χ3v) is 3.43. The fourth-order valence-electron chi connectivity index (χ4n) is 2.12. The van der Waals surface area contributed by atoms with Crippen molar-refractivity contribution in [2.45, 2.75) is 32.7 Å². The second-order valence-electron chi connectivity index (χ2n) is 5.17. The molecule has 3 amide bonds. The summed E-state index contributed by atoms with van der Waals surface area (Å²) in [5.41, 5.74) is 5.22. The molecule has 1 saturated heterocycles. The maximum absolute atomic E-state index is 12.0. The Kier molecular flexibility index (Phi) is 5.40. The van der Waals surface area contributed by atoms with E-state index in [9.17, 15) is 14.7 Å². The first-order chi connectivity index (χ1) is 8.45. The number of urea groups is 1. The molecule has 1 aliphatic heterocycles. The van der Waals surface area contributed by atoms with E-state index in [0.717, 1.165) is 12.8 Å². The van der Waals surface area contributed by atoms with Gasteiger partial charge in [-0.15, -0.1) is 0 Å². The molecule has 6 heteroatoms. The Balaban J connectivity index is 2.53. The highest BCUT2D eigenvalue weighted by atomic mass is 16.3. The van der Waals surface area contributed by atoms with Crippen LogP contribution in [0, 0.1) is 11.8 Å². The van der Waals surface area contributed by atoms with Gasteiger partial charge in [-0.25, -0.2) is 4.79 Å². The SMILES string of the molecule is CC(C)[C@@H](CO)NC(=O)C1CCCN(C(N)=O)C1. The van der Waals surface area contributed by atoms with Crippen LogP contribution >= 0.6 is 0 Å². The van der Waals surface area contributed by atoms with E-state index in [0.29, 0.717) is 13.1 Å². The zero-order valence-corrected chi connectivity index (χ0v) is 11.1. The summed E-state index contributed by atoms with van der Waals surface area (Å²) < 4.78 is 0. The van der Waals surface area contributed by atoms with E-state index in [1.165, 1.54) is 4.90 Å². The molecule has 0 aromatic rings. The number of nitrogens with two attached hydrogens (primary N) is 1. The molecule has 0 aromatic carbocycles. The molecule has 2 atom stereocenters. The summed E-state index contributed by atoms with van der Waals surface area (Å²) in [4.78, 5) is 24.6. The van der Waals surface area contributed by atoms with Gasteiger partial charge in [-0.2, -0.15) is 0 Å². The molecule has 0 saturated carbocycles. The molecular weight excluding hydrogens is 234 g/mol. The minimum atomic E-state index is -0.477. The molecule has 1 heterocycles. The molecule has 4 N–H and O–H groups in total. The Morgan fingerprint density at radius 1 is 1.50 bits per heavy atom. The van der Waals surface area contributed by atoms with Gasteiger partial charge in [0.1, 0.15) is 0 Å². The molecule has 104 valence electrons. The summed E-state index contributed by atoms with van der Waals surface area (Å²) in [6.07, 6.45) is 1.54. The number of aliphatic hydroxyl groups excluding tert-OH is 1.